The maximum Gasteiger partial charge on any atom is 0.348 e. The van der Waals surface area contributed by atoms with Crippen molar-refractivity contribution in [3.63, 3.8) is 0 Å². The first-order chi connectivity index (χ1) is 12.6. The Morgan fingerprint density at radius 1 is 1.04 bits per heavy atom. The highest BCUT2D eigenvalue weighted by atomic mass is 32.1. The molecule has 0 N–H and O–H groups in total. The van der Waals surface area contributed by atoms with Gasteiger partial charge in [0.15, 0.2) is 0 Å². The van der Waals surface area contributed by atoms with E-state index in [0.717, 1.165) is 37.1 Å². The lowest BCUT2D eigenvalue weighted by molar-refractivity contribution is -0.0360. The van der Waals surface area contributed by atoms with E-state index in [-0.39, 0.29) is 11.6 Å². The molecule has 2 rings (SSSR count). The topological polar surface area (TPSA) is 29.5 Å². The Morgan fingerprint density at radius 2 is 1.62 bits per heavy atom. The van der Waals surface area contributed by atoms with Crippen molar-refractivity contribution >= 4 is 17.3 Å². The number of hydrogen-bond acceptors (Lipinski definition) is 4. The Balaban J connectivity index is 2.06. The molecule has 0 aliphatic heterocycles. The molecule has 0 atom stereocenters. The predicted octanol–water partition coefficient (Wildman–Crippen LogP) is 6.29. The fourth-order valence-corrected chi connectivity index (χ4v) is 4.62. The first-order valence-corrected chi connectivity index (χ1v) is 11.4. The minimum Gasteiger partial charge on any atom is -0.455 e. The van der Waals surface area contributed by atoms with Crippen molar-refractivity contribution in [1.82, 2.24) is 4.90 Å². The fraction of sp³-hybridized carbons (Fsp3) is 0.773. The number of carbonyl (C=O) groups is 1. The molecule has 0 radical (unpaired) electrons. The zero-order valence-electron chi connectivity index (χ0n) is 16.8. The van der Waals surface area contributed by atoms with Crippen LogP contribution in [0.3, 0.4) is 0 Å². The van der Waals surface area contributed by atoms with Crippen LogP contribution in [0.4, 0.5) is 0 Å². The molecule has 1 aliphatic rings. The number of thiophene rings is 1. The summed E-state index contributed by atoms with van der Waals surface area (Å²) < 4.78 is 6.26. The Labute approximate surface area is 164 Å². The molecule has 4 heteroatoms. The molecule has 0 saturated heterocycles. The van der Waals surface area contributed by atoms with Gasteiger partial charge in [-0.1, -0.05) is 51.0 Å². The normalized spacial score (nSPS) is 19.5. The van der Waals surface area contributed by atoms with Crippen LogP contribution in [-0.4, -0.2) is 37.1 Å². The molecule has 0 bridgehead atoms. The van der Waals surface area contributed by atoms with Crippen LogP contribution >= 0.6 is 11.3 Å². The van der Waals surface area contributed by atoms with Crippen LogP contribution in [0.2, 0.25) is 0 Å². The molecule has 1 aliphatic carbocycles. The summed E-state index contributed by atoms with van der Waals surface area (Å²) in [5.74, 6) is -0.114. The maximum atomic E-state index is 12.7. The van der Waals surface area contributed by atoms with Gasteiger partial charge in [0.25, 0.3) is 0 Å². The number of esters is 1. The van der Waals surface area contributed by atoms with Gasteiger partial charge in [-0.05, 0) is 70.6 Å². The van der Waals surface area contributed by atoms with Crippen molar-refractivity contribution in [3.8, 4) is 0 Å². The summed E-state index contributed by atoms with van der Waals surface area (Å²) in [5, 5.41) is 1.95. The molecule has 148 valence electrons. The summed E-state index contributed by atoms with van der Waals surface area (Å²) in [4.78, 5) is 15.7. The molecule has 1 saturated carbocycles. The maximum absolute atomic E-state index is 12.7. The number of ether oxygens (including phenoxy) is 1. The number of nitrogens with zero attached hydrogens (tertiary/aromatic N) is 1. The fourth-order valence-electron chi connectivity index (χ4n) is 4.02. The standard InChI is InChI=1S/C22H37NO2S/c1-23(2)18-13-17-22(25-21(24)20-14-12-19-26-20)15-10-8-6-4-3-5-7-9-11-16-22/h12,14,19H,3-11,13,15-18H2,1-2H3. The van der Waals surface area contributed by atoms with Gasteiger partial charge >= 0.3 is 5.97 Å². The van der Waals surface area contributed by atoms with E-state index < -0.39 is 0 Å². The molecule has 1 aromatic heterocycles. The summed E-state index contributed by atoms with van der Waals surface area (Å²) >= 11 is 1.49. The zero-order chi connectivity index (χ0) is 18.7. The van der Waals surface area contributed by atoms with Gasteiger partial charge in [0.05, 0.1) is 0 Å². The van der Waals surface area contributed by atoms with Crippen LogP contribution in [0.5, 0.6) is 0 Å². The highest BCUT2D eigenvalue weighted by molar-refractivity contribution is 7.11. The van der Waals surface area contributed by atoms with Crippen LogP contribution in [0.15, 0.2) is 17.5 Å². The second kappa shape index (κ2) is 11.8. The van der Waals surface area contributed by atoms with Crippen molar-refractivity contribution in [1.29, 1.82) is 0 Å². The Morgan fingerprint density at radius 3 is 2.12 bits per heavy atom. The lowest BCUT2D eigenvalue weighted by Crippen LogP contribution is -2.36. The molecule has 1 heterocycles. The van der Waals surface area contributed by atoms with E-state index in [1.165, 1.54) is 69.1 Å². The van der Waals surface area contributed by atoms with Gasteiger partial charge in [-0.15, -0.1) is 11.3 Å². The van der Waals surface area contributed by atoms with Gasteiger partial charge in [0.1, 0.15) is 10.5 Å². The molecule has 0 aromatic carbocycles. The van der Waals surface area contributed by atoms with Crippen LogP contribution in [0.25, 0.3) is 0 Å². The lowest BCUT2D eigenvalue weighted by Gasteiger charge is -2.34. The summed E-state index contributed by atoms with van der Waals surface area (Å²) in [6.07, 6.45) is 15.8. The van der Waals surface area contributed by atoms with Crippen LogP contribution in [0, 0.1) is 0 Å². The summed E-state index contributed by atoms with van der Waals surface area (Å²) in [6, 6.07) is 3.82. The lowest BCUT2D eigenvalue weighted by atomic mass is 9.84. The summed E-state index contributed by atoms with van der Waals surface area (Å²) in [7, 11) is 4.23. The first-order valence-electron chi connectivity index (χ1n) is 10.5. The van der Waals surface area contributed by atoms with Crippen molar-refractivity contribution in [2.75, 3.05) is 20.6 Å². The van der Waals surface area contributed by atoms with E-state index in [1.54, 1.807) is 0 Å². The number of carbonyl (C=O) groups excluding carboxylic acids is 1. The van der Waals surface area contributed by atoms with Crippen molar-refractivity contribution in [2.24, 2.45) is 0 Å². The van der Waals surface area contributed by atoms with Crippen molar-refractivity contribution in [2.45, 2.75) is 89.1 Å². The molecule has 0 spiro atoms. The SMILES string of the molecule is CN(C)CCCC1(OC(=O)c2cccs2)CCCCCCCCCCC1. The number of hydrogen-bond donors (Lipinski definition) is 0. The van der Waals surface area contributed by atoms with Crippen LogP contribution in [0.1, 0.15) is 93.1 Å². The van der Waals surface area contributed by atoms with Gasteiger partial charge < -0.3 is 9.64 Å². The molecule has 3 nitrogen and oxygen atoms in total. The van der Waals surface area contributed by atoms with Gasteiger partial charge in [-0.3, -0.25) is 0 Å². The van der Waals surface area contributed by atoms with Crippen LogP contribution < -0.4 is 0 Å². The highest BCUT2D eigenvalue weighted by Crippen LogP contribution is 2.34. The third-order valence-electron chi connectivity index (χ3n) is 5.53. The van der Waals surface area contributed by atoms with E-state index in [9.17, 15) is 4.79 Å². The summed E-state index contributed by atoms with van der Waals surface area (Å²) in [6.45, 7) is 1.05. The Hall–Kier alpha value is -0.870. The van der Waals surface area contributed by atoms with Crippen molar-refractivity contribution < 1.29 is 9.53 Å². The monoisotopic (exact) mass is 379 g/mol. The quantitative estimate of drug-likeness (QED) is 0.544. The van der Waals surface area contributed by atoms with E-state index in [2.05, 4.69) is 19.0 Å². The van der Waals surface area contributed by atoms with Crippen molar-refractivity contribution in [3.05, 3.63) is 22.4 Å². The third kappa shape index (κ3) is 7.79. The first kappa shape index (κ1) is 21.4. The van der Waals surface area contributed by atoms with E-state index >= 15 is 0 Å². The molecule has 26 heavy (non-hydrogen) atoms. The van der Waals surface area contributed by atoms with Gasteiger partial charge in [-0.2, -0.15) is 0 Å². The molecule has 0 unspecified atom stereocenters. The van der Waals surface area contributed by atoms with Gasteiger partial charge in [-0.25, -0.2) is 4.79 Å². The minimum absolute atomic E-state index is 0.114. The minimum atomic E-state index is -0.268. The smallest absolute Gasteiger partial charge is 0.348 e. The van der Waals surface area contributed by atoms with E-state index in [4.69, 9.17) is 4.74 Å². The molecule has 1 aromatic rings. The third-order valence-corrected chi connectivity index (χ3v) is 6.38. The average molecular weight is 380 g/mol. The molecular weight excluding hydrogens is 342 g/mol. The van der Waals surface area contributed by atoms with Crippen LogP contribution in [-0.2, 0) is 4.74 Å². The second-order valence-corrected chi connectivity index (χ2v) is 9.09. The largest absolute Gasteiger partial charge is 0.455 e. The van der Waals surface area contributed by atoms with Gasteiger partial charge in [0, 0.05) is 0 Å². The second-order valence-electron chi connectivity index (χ2n) is 8.14. The zero-order valence-corrected chi connectivity index (χ0v) is 17.6. The number of rotatable bonds is 6. The molecular formula is C22H37NO2S. The van der Waals surface area contributed by atoms with Gasteiger partial charge in [0.2, 0.25) is 0 Å². The summed E-state index contributed by atoms with van der Waals surface area (Å²) in [5.41, 5.74) is -0.268. The van der Waals surface area contributed by atoms with E-state index in [1.807, 2.05) is 17.5 Å². The van der Waals surface area contributed by atoms with E-state index in [0.29, 0.717) is 0 Å². The molecule has 0 amide bonds. The highest BCUT2D eigenvalue weighted by Gasteiger charge is 2.33. The Bertz CT molecular complexity index is 486. The molecule has 1 fully saturated rings. The Kier molecular flexibility index (Phi) is 9.69. The predicted molar refractivity (Wildman–Crippen MR) is 111 cm³/mol. The average Bonchev–Trinajstić information content (AvgIpc) is 3.12.